The largest absolute Gasteiger partial charge is 0.370 e. The monoisotopic (exact) mass is 335 g/mol. The van der Waals surface area contributed by atoms with Crippen molar-refractivity contribution in [2.24, 2.45) is 22.2 Å². The van der Waals surface area contributed by atoms with E-state index in [2.05, 4.69) is 10.3 Å². The molecule has 2 rings (SSSR count). The molecular formula is C16H22ClN5O. The summed E-state index contributed by atoms with van der Waals surface area (Å²) < 4.78 is 0. The first-order valence-corrected chi connectivity index (χ1v) is 7.17. The number of nitrogens with one attached hydrogen (secondary N) is 1. The Bertz CT molecular complexity index is 685. The highest BCUT2D eigenvalue weighted by atomic mass is 35.5. The highest BCUT2D eigenvalue weighted by Crippen LogP contribution is 2.19. The number of hydrogen-bond acceptors (Lipinski definition) is 3. The Balaban J connectivity index is 0.00000264. The Kier molecular flexibility index (Phi) is 7.31. The van der Waals surface area contributed by atoms with Crippen LogP contribution in [0.5, 0.6) is 0 Å². The quantitative estimate of drug-likeness (QED) is 0.364. The fourth-order valence-corrected chi connectivity index (χ4v) is 2.15. The zero-order valence-corrected chi connectivity index (χ0v) is 13.6. The van der Waals surface area contributed by atoms with Crippen molar-refractivity contribution < 1.29 is 4.79 Å². The summed E-state index contributed by atoms with van der Waals surface area (Å²) in [7, 11) is 0. The minimum Gasteiger partial charge on any atom is -0.370 e. The van der Waals surface area contributed by atoms with Gasteiger partial charge in [0.15, 0.2) is 5.96 Å². The maximum Gasteiger partial charge on any atom is 0.241 e. The van der Waals surface area contributed by atoms with E-state index in [0.29, 0.717) is 19.4 Å². The molecule has 2 aromatic rings. The number of benzene rings is 2. The van der Waals surface area contributed by atoms with Crippen molar-refractivity contribution in [1.29, 1.82) is 0 Å². The molecule has 0 bridgehead atoms. The Hall–Kier alpha value is -2.31. The molecule has 124 valence electrons. The highest BCUT2D eigenvalue weighted by molar-refractivity contribution is 5.97. The van der Waals surface area contributed by atoms with Gasteiger partial charge in [-0.05, 0) is 35.7 Å². The molecule has 0 unspecified atom stereocenters. The molecule has 7 heteroatoms. The molecule has 0 spiro atoms. The van der Waals surface area contributed by atoms with Crippen LogP contribution in [-0.2, 0) is 4.79 Å². The molecule has 6 nitrogen and oxygen atoms in total. The van der Waals surface area contributed by atoms with Gasteiger partial charge in [-0.25, -0.2) is 0 Å². The number of halogens is 1. The van der Waals surface area contributed by atoms with Gasteiger partial charge < -0.3 is 22.5 Å². The summed E-state index contributed by atoms with van der Waals surface area (Å²) in [5.74, 6) is -0.158. The lowest BCUT2D eigenvalue weighted by Gasteiger charge is -2.12. The van der Waals surface area contributed by atoms with E-state index in [1.165, 1.54) is 0 Å². The minimum absolute atomic E-state index is 0. The van der Waals surface area contributed by atoms with E-state index in [-0.39, 0.29) is 24.3 Å². The van der Waals surface area contributed by atoms with E-state index in [9.17, 15) is 4.79 Å². The normalized spacial score (nSPS) is 11.3. The molecule has 0 aromatic heterocycles. The number of hydrogen-bond donors (Lipinski definition) is 4. The van der Waals surface area contributed by atoms with Gasteiger partial charge >= 0.3 is 0 Å². The Morgan fingerprint density at radius 3 is 2.52 bits per heavy atom. The Morgan fingerprint density at radius 2 is 1.83 bits per heavy atom. The van der Waals surface area contributed by atoms with Crippen LogP contribution in [0.2, 0.25) is 0 Å². The van der Waals surface area contributed by atoms with E-state index >= 15 is 0 Å². The fourth-order valence-electron chi connectivity index (χ4n) is 2.15. The molecule has 0 saturated heterocycles. The lowest BCUT2D eigenvalue weighted by Crippen LogP contribution is -2.35. The van der Waals surface area contributed by atoms with Crippen LogP contribution in [0.1, 0.15) is 12.8 Å². The first-order chi connectivity index (χ1) is 10.6. The van der Waals surface area contributed by atoms with E-state index in [4.69, 9.17) is 17.2 Å². The van der Waals surface area contributed by atoms with E-state index in [1.807, 2.05) is 42.5 Å². The molecular weight excluding hydrogens is 314 g/mol. The second-order valence-electron chi connectivity index (χ2n) is 5.11. The number of nitrogens with two attached hydrogens (primary N) is 3. The summed E-state index contributed by atoms with van der Waals surface area (Å²) in [4.78, 5) is 15.9. The lowest BCUT2D eigenvalue weighted by molar-refractivity contribution is -0.117. The third kappa shape index (κ3) is 5.77. The molecule has 0 fully saturated rings. The first-order valence-electron chi connectivity index (χ1n) is 7.17. The maximum atomic E-state index is 12.1. The van der Waals surface area contributed by atoms with Gasteiger partial charge in [-0.1, -0.05) is 30.3 Å². The Morgan fingerprint density at radius 1 is 1.13 bits per heavy atom. The molecule has 2 aromatic carbocycles. The SMILES string of the molecule is Cl.NC(N)=NCCC[C@H](N)C(=O)Nc1ccc2ccccc2c1. The van der Waals surface area contributed by atoms with Gasteiger partial charge in [0.2, 0.25) is 5.91 Å². The summed E-state index contributed by atoms with van der Waals surface area (Å²) in [6.07, 6.45) is 1.18. The van der Waals surface area contributed by atoms with Crippen LogP contribution in [-0.4, -0.2) is 24.5 Å². The second kappa shape index (κ2) is 8.97. The minimum atomic E-state index is -0.583. The van der Waals surface area contributed by atoms with E-state index < -0.39 is 6.04 Å². The van der Waals surface area contributed by atoms with Crippen LogP contribution in [0, 0.1) is 0 Å². The van der Waals surface area contributed by atoms with Gasteiger partial charge in [0, 0.05) is 12.2 Å². The van der Waals surface area contributed by atoms with Gasteiger partial charge in [-0.2, -0.15) is 0 Å². The fraction of sp³-hybridized carbons (Fsp3) is 0.250. The second-order valence-corrected chi connectivity index (χ2v) is 5.11. The first kappa shape index (κ1) is 18.7. The number of nitrogens with zero attached hydrogens (tertiary/aromatic N) is 1. The van der Waals surface area contributed by atoms with Gasteiger partial charge in [0.05, 0.1) is 6.04 Å². The van der Waals surface area contributed by atoms with Gasteiger partial charge in [-0.3, -0.25) is 9.79 Å². The standard InChI is InChI=1S/C16H21N5O.ClH/c17-14(6-3-9-20-16(18)19)15(22)21-13-8-7-11-4-1-2-5-12(11)10-13;/h1-2,4-5,7-8,10,14H,3,6,9,17H2,(H,21,22)(H4,18,19,20);1H/t14-;/m0./s1. The number of amides is 1. The predicted molar refractivity (Wildman–Crippen MR) is 97.7 cm³/mol. The van der Waals surface area contributed by atoms with Crippen molar-refractivity contribution >= 4 is 40.7 Å². The molecule has 0 aliphatic carbocycles. The van der Waals surface area contributed by atoms with Crippen molar-refractivity contribution in [3.8, 4) is 0 Å². The number of guanidine groups is 1. The maximum absolute atomic E-state index is 12.1. The molecule has 1 atom stereocenters. The summed E-state index contributed by atoms with van der Waals surface area (Å²) in [6.45, 7) is 0.472. The van der Waals surface area contributed by atoms with Crippen LogP contribution in [0.25, 0.3) is 10.8 Å². The molecule has 0 aliphatic heterocycles. The van der Waals surface area contributed by atoms with Crippen LogP contribution in [0.4, 0.5) is 5.69 Å². The molecule has 23 heavy (non-hydrogen) atoms. The number of carbonyl (C=O) groups excluding carboxylic acids is 1. The topological polar surface area (TPSA) is 120 Å². The number of carbonyl (C=O) groups is 1. The van der Waals surface area contributed by atoms with Crippen LogP contribution >= 0.6 is 12.4 Å². The van der Waals surface area contributed by atoms with Gasteiger partial charge in [0.1, 0.15) is 0 Å². The van der Waals surface area contributed by atoms with E-state index in [0.717, 1.165) is 16.5 Å². The molecule has 0 saturated carbocycles. The molecule has 7 N–H and O–H groups in total. The Labute approximate surface area is 141 Å². The zero-order valence-electron chi connectivity index (χ0n) is 12.7. The summed E-state index contributed by atoms with van der Waals surface area (Å²) in [5.41, 5.74) is 17.1. The number of aliphatic imine (C=N–C) groups is 1. The lowest BCUT2D eigenvalue weighted by atomic mass is 10.1. The van der Waals surface area contributed by atoms with Crippen LogP contribution < -0.4 is 22.5 Å². The average molecular weight is 336 g/mol. The number of rotatable bonds is 6. The number of anilines is 1. The predicted octanol–water partition coefficient (Wildman–Crippen LogP) is 1.58. The molecule has 0 heterocycles. The molecule has 0 aliphatic rings. The van der Waals surface area contributed by atoms with Crippen molar-refractivity contribution in [2.45, 2.75) is 18.9 Å². The summed E-state index contributed by atoms with van der Waals surface area (Å²) in [6, 6.07) is 13.1. The summed E-state index contributed by atoms with van der Waals surface area (Å²) >= 11 is 0. The third-order valence-corrected chi connectivity index (χ3v) is 3.32. The number of fused-ring (bicyclic) bond motifs is 1. The van der Waals surface area contributed by atoms with Crippen molar-refractivity contribution in [2.75, 3.05) is 11.9 Å². The van der Waals surface area contributed by atoms with Crippen LogP contribution in [0.15, 0.2) is 47.5 Å². The molecule has 0 radical (unpaired) electrons. The van der Waals surface area contributed by atoms with Gasteiger partial charge in [0.25, 0.3) is 0 Å². The average Bonchev–Trinajstić information content (AvgIpc) is 2.51. The van der Waals surface area contributed by atoms with Gasteiger partial charge in [-0.15, -0.1) is 12.4 Å². The zero-order chi connectivity index (χ0) is 15.9. The third-order valence-electron chi connectivity index (χ3n) is 3.32. The smallest absolute Gasteiger partial charge is 0.241 e. The van der Waals surface area contributed by atoms with Crippen molar-refractivity contribution in [3.63, 3.8) is 0 Å². The van der Waals surface area contributed by atoms with E-state index in [1.54, 1.807) is 0 Å². The van der Waals surface area contributed by atoms with Crippen LogP contribution in [0.3, 0.4) is 0 Å². The highest BCUT2D eigenvalue weighted by Gasteiger charge is 2.13. The summed E-state index contributed by atoms with van der Waals surface area (Å²) in [5, 5.41) is 5.03. The van der Waals surface area contributed by atoms with Crippen molar-refractivity contribution in [3.05, 3.63) is 42.5 Å². The van der Waals surface area contributed by atoms with Crippen molar-refractivity contribution in [1.82, 2.24) is 0 Å². The molecule has 1 amide bonds.